The molecule has 0 bridgehead atoms. The van der Waals surface area contributed by atoms with E-state index in [1.807, 2.05) is 12.1 Å². The Bertz CT molecular complexity index is 1040. The lowest BCUT2D eigenvalue weighted by Crippen LogP contribution is -2.50. The Balaban J connectivity index is 1.61. The summed E-state index contributed by atoms with van der Waals surface area (Å²) in [6.45, 7) is 6.24. The lowest BCUT2D eigenvalue weighted by Gasteiger charge is -2.31. The lowest BCUT2D eigenvalue weighted by atomic mass is 9.92. The van der Waals surface area contributed by atoms with Crippen molar-refractivity contribution < 1.29 is 4.79 Å². The number of carbonyl (C=O) groups excluding carboxylic acids is 1. The second-order valence-corrected chi connectivity index (χ2v) is 10.9. The SMILES string of the molecule is CCCC=C(N[C@@H]1CCCNC1)[C@H](Cc1ccc(Cl)cc1Cl)NC(=O)C1(c2ccc(C)cc2)CC1. The Morgan fingerprint density at radius 2 is 1.97 bits per heavy atom. The summed E-state index contributed by atoms with van der Waals surface area (Å²) in [7, 11) is 0. The number of piperidine rings is 1. The molecule has 2 atom stereocenters. The van der Waals surface area contributed by atoms with Crippen LogP contribution >= 0.6 is 23.2 Å². The second kappa shape index (κ2) is 11.8. The molecule has 35 heavy (non-hydrogen) atoms. The van der Waals surface area contributed by atoms with Gasteiger partial charge in [0, 0.05) is 28.3 Å². The largest absolute Gasteiger partial charge is 0.383 e. The third kappa shape index (κ3) is 6.61. The molecule has 1 amide bonds. The summed E-state index contributed by atoms with van der Waals surface area (Å²) in [5.41, 5.74) is 3.94. The van der Waals surface area contributed by atoms with E-state index >= 15 is 0 Å². The average Bonchev–Trinajstić information content (AvgIpc) is 3.66. The Morgan fingerprint density at radius 1 is 1.20 bits per heavy atom. The maximum Gasteiger partial charge on any atom is 0.231 e. The van der Waals surface area contributed by atoms with Gasteiger partial charge in [0.2, 0.25) is 5.91 Å². The van der Waals surface area contributed by atoms with E-state index < -0.39 is 5.41 Å². The number of nitrogens with one attached hydrogen (secondary N) is 3. The second-order valence-electron chi connectivity index (χ2n) is 10.0. The minimum absolute atomic E-state index is 0.0995. The molecular weight excluding hydrogens is 477 g/mol. The van der Waals surface area contributed by atoms with Crippen molar-refractivity contribution in [1.29, 1.82) is 0 Å². The van der Waals surface area contributed by atoms with Gasteiger partial charge in [-0.1, -0.05) is 78.5 Å². The molecule has 4 nitrogen and oxygen atoms in total. The molecule has 2 aromatic rings. The van der Waals surface area contributed by atoms with E-state index in [4.69, 9.17) is 23.2 Å². The van der Waals surface area contributed by atoms with Crippen LogP contribution in [0.25, 0.3) is 0 Å². The summed E-state index contributed by atoms with van der Waals surface area (Å²) in [4.78, 5) is 13.8. The van der Waals surface area contributed by atoms with Crippen LogP contribution in [0, 0.1) is 6.92 Å². The Morgan fingerprint density at radius 3 is 2.60 bits per heavy atom. The predicted octanol–water partition coefficient (Wildman–Crippen LogP) is 6.09. The summed E-state index contributed by atoms with van der Waals surface area (Å²) in [5.74, 6) is 0.0995. The highest BCUT2D eigenvalue weighted by molar-refractivity contribution is 6.35. The van der Waals surface area contributed by atoms with Crippen LogP contribution in [-0.2, 0) is 16.6 Å². The van der Waals surface area contributed by atoms with Gasteiger partial charge in [0.25, 0.3) is 0 Å². The number of rotatable bonds is 10. The standard InChI is InChI=1S/C29H37Cl2N3O/c1-3-4-7-26(33-24-6-5-16-32-19-24)27(17-21-10-13-23(30)18-25(21)31)34-28(35)29(14-15-29)22-11-8-20(2)9-12-22/h7-13,18,24,27,32-33H,3-6,14-17,19H2,1-2H3,(H,34,35)/t24-,27+/m1/s1. The maximum atomic E-state index is 13.8. The third-order valence-electron chi connectivity index (χ3n) is 7.23. The van der Waals surface area contributed by atoms with Gasteiger partial charge in [-0.2, -0.15) is 0 Å². The first-order chi connectivity index (χ1) is 16.9. The van der Waals surface area contributed by atoms with Gasteiger partial charge in [0.1, 0.15) is 0 Å². The number of hydrogen-bond donors (Lipinski definition) is 3. The Kier molecular flexibility index (Phi) is 8.80. The van der Waals surface area contributed by atoms with Crippen LogP contribution < -0.4 is 16.0 Å². The molecule has 1 aliphatic heterocycles. The molecule has 2 aromatic carbocycles. The summed E-state index contributed by atoms with van der Waals surface area (Å²) < 4.78 is 0. The van der Waals surface area contributed by atoms with Crippen molar-refractivity contribution in [3.8, 4) is 0 Å². The molecule has 2 fully saturated rings. The van der Waals surface area contributed by atoms with Gasteiger partial charge >= 0.3 is 0 Å². The van der Waals surface area contributed by atoms with Crippen molar-refractivity contribution >= 4 is 29.1 Å². The van der Waals surface area contributed by atoms with E-state index in [-0.39, 0.29) is 11.9 Å². The molecule has 6 heteroatoms. The average molecular weight is 515 g/mol. The normalized spacial score (nSPS) is 20.2. The van der Waals surface area contributed by atoms with E-state index in [0.717, 1.165) is 68.4 Å². The lowest BCUT2D eigenvalue weighted by molar-refractivity contribution is -0.124. The van der Waals surface area contributed by atoms with Crippen molar-refractivity contribution in [1.82, 2.24) is 16.0 Å². The summed E-state index contributed by atoms with van der Waals surface area (Å²) >= 11 is 12.7. The summed E-state index contributed by atoms with van der Waals surface area (Å²) in [6.07, 6.45) is 8.88. The number of unbranched alkanes of at least 4 members (excludes halogenated alkanes) is 1. The molecule has 4 rings (SSSR count). The summed E-state index contributed by atoms with van der Waals surface area (Å²) in [5, 5.41) is 12.0. The molecule has 3 N–H and O–H groups in total. The number of benzene rings is 2. The zero-order chi connectivity index (χ0) is 24.8. The van der Waals surface area contributed by atoms with Gasteiger partial charge in [0.15, 0.2) is 0 Å². The van der Waals surface area contributed by atoms with Crippen molar-refractivity contribution in [2.75, 3.05) is 13.1 Å². The first-order valence-corrected chi connectivity index (χ1v) is 13.7. The molecule has 0 radical (unpaired) electrons. The van der Waals surface area contributed by atoms with E-state index in [0.29, 0.717) is 22.5 Å². The number of carbonyl (C=O) groups is 1. The third-order valence-corrected chi connectivity index (χ3v) is 7.82. The zero-order valence-electron chi connectivity index (χ0n) is 20.8. The minimum Gasteiger partial charge on any atom is -0.383 e. The van der Waals surface area contributed by atoms with Gasteiger partial charge < -0.3 is 16.0 Å². The van der Waals surface area contributed by atoms with Gasteiger partial charge in [-0.15, -0.1) is 0 Å². The maximum absolute atomic E-state index is 13.8. The quantitative estimate of drug-likeness (QED) is 0.360. The fraction of sp³-hybridized carbons (Fsp3) is 0.483. The van der Waals surface area contributed by atoms with Gasteiger partial charge in [-0.3, -0.25) is 4.79 Å². The topological polar surface area (TPSA) is 53.2 Å². The van der Waals surface area contributed by atoms with Crippen LogP contribution in [0.15, 0.2) is 54.2 Å². The van der Waals surface area contributed by atoms with E-state index in [2.05, 4.69) is 60.1 Å². The number of halogens is 2. The van der Waals surface area contributed by atoms with E-state index in [9.17, 15) is 4.79 Å². The van der Waals surface area contributed by atoms with E-state index in [1.165, 1.54) is 5.56 Å². The van der Waals surface area contributed by atoms with Crippen LogP contribution in [-0.4, -0.2) is 31.1 Å². The molecule has 1 heterocycles. The highest BCUT2D eigenvalue weighted by Crippen LogP contribution is 2.48. The fourth-order valence-corrected chi connectivity index (χ4v) is 5.38. The van der Waals surface area contributed by atoms with Crippen LogP contribution in [0.3, 0.4) is 0 Å². The first kappa shape index (κ1) is 26.1. The van der Waals surface area contributed by atoms with Crippen molar-refractivity contribution in [3.05, 3.63) is 81.0 Å². The predicted molar refractivity (Wildman–Crippen MR) is 146 cm³/mol. The fourth-order valence-electron chi connectivity index (χ4n) is 4.90. The number of aryl methyl sites for hydroxylation is 1. The molecule has 2 aliphatic rings. The highest BCUT2D eigenvalue weighted by atomic mass is 35.5. The molecule has 0 spiro atoms. The minimum atomic E-state index is -0.433. The first-order valence-electron chi connectivity index (χ1n) is 12.9. The van der Waals surface area contributed by atoms with Crippen molar-refractivity contribution in [3.63, 3.8) is 0 Å². The van der Waals surface area contributed by atoms with E-state index in [1.54, 1.807) is 6.07 Å². The molecule has 1 aliphatic carbocycles. The van der Waals surface area contributed by atoms with Crippen LogP contribution in [0.4, 0.5) is 0 Å². The van der Waals surface area contributed by atoms with Gasteiger partial charge in [0.05, 0.1) is 11.5 Å². The number of allylic oxidation sites excluding steroid dienone is 1. The monoisotopic (exact) mass is 513 g/mol. The van der Waals surface area contributed by atoms with Crippen molar-refractivity contribution in [2.24, 2.45) is 0 Å². The van der Waals surface area contributed by atoms with Crippen LogP contribution in [0.5, 0.6) is 0 Å². The molecule has 1 saturated heterocycles. The van der Waals surface area contributed by atoms with Crippen molar-refractivity contribution in [2.45, 2.75) is 76.3 Å². The van der Waals surface area contributed by atoms with Crippen LogP contribution in [0.2, 0.25) is 10.0 Å². The number of amides is 1. The summed E-state index contributed by atoms with van der Waals surface area (Å²) in [6, 6.07) is 14.2. The van der Waals surface area contributed by atoms with Gasteiger partial charge in [-0.05, 0) is 75.3 Å². The smallest absolute Gasteiger partial charge is 0.231 e. The Hall–Kier alpha value is -2.01. The van der Waals surface area contributed by atoms with Crippen LogP contribution in [0.1, 0.15) is 62.1 Å². The highest BCUT2D eigenvalue weighted by Gasteiger charge is 2.51. The van der Waals surface area contributed by atoms with Gasteiger partial charge in [-0.25, -0.2) is 0 Å². The molecule has 0 unspecified atom stereocenters. The molecule has 0 aromatic heterocycles. The zero-order valence-corrected chi connectivity index (χ0v) is 22.3. The molecular formula is C29H37Cl2N3O. The number of hydrogen-bond acceptors (Lipinski definition) is 3. The molecule has 1 saturated carbocycles. The Labute approximate surface area is 219 Å². The molecule has 188 valence electrons.